The number of hydrogen-bond donors (Lipinski definition) is 0. The van der Waals surface area contributed by atoms with Crippen molar-refractivity contribution in [3.63, 3.8) is 0 Å². The van der Waals surface area contributed by atoms with Crippen molar-refractivity contribution in [3.8, 4) is 0 Å². The molecular weight excluding hydrogens is 479 g/mol. The molecule has 0 saturated heterocycles. The zero-order valence-corrected chi connectivity index (χ0v) is 18.9. The number of unbranched alkanes of at least 4 members (excludes halogenated alkanes) is 5. The van der Waals surface area contributed by atoms with Crippen molar-refractivity contribution in [2.75, 3.05) is 6.61 Å². The van der Waals surface area contributed by atoms with E-state index in [9.17, 15) is 4.21 Å². The van der Waals surface area contributed by atoms with Crippen LogP contribution < -0.4 is 0 Å². The van der Waals surface area contributed by atoms with Crippen LogP contribution in [0, 0.1) is 7.14 Å². The van der Waals surface area contributed by atoms with E-state index in [2.05, 4.69) is 6.92 Å². The van der Waals surface area contributed by atoms with E-state index in [0.29, 0.717) is 6.61 Å². The van der Waals surface area contributed by atoms with Crippen LogP contribution in [-0.2, 0) is 26.9 Å². The number of benzene rings is 2. The maximum absolute atomic E-state index is 12.7. The SMILES string of the molecule is CCCCCCCCOS(=O)(=S)OI(c1ccccc1)c1ccccc1. The van der Waals surface area contributed by atoms with Crippen molar-refractivity contribution in [2.24, 2.45) is 0 Å². The third kappa shape index (κ3) is 8.00. The molecule has 1 unspecified atom stereocenters. The van der Waals surface area contributed by atoms with Crippen LogP contribution in [0.3, 0.4) is 0 Å². The molecule has 1 atom stereocenters. The first-order valence-electron chi connectivity index (χ1n) is 9.02. The summed E-state index contributed by atoms with van der Waals surface area (Å²) in [5.41, 5.74) is 0. The molecule has 0 heterocycles. The second kappa shape index (κ2) is 12.0. The fourth-order valence-corrected chi connectivity index (χ4v) is 10.0. The summed E-state index contributed by atoms with van der Waals surface area (Å²) in [6.07, 6.45) is 6.87. The number of hydrogen-bond acceptors (Lipinski definition) is 4. The van der Waals surface area contributed by atoms with Crippen molar-refractivity contribution in [3.05, 3.63) is 67.8 Å². The normalized spacial score (nSPS) is 14.0. The Labute approximate surface area is 170 Å². The van der Waals surface area contributed by atoms with E-state index >= 15 is 0 Å². The van der Waals surface area contributed by atoms with E-state index in [0.717, 1.165) is 20.0 Å². The number of halogens is 1. The summed E-state index contributed by atoms with van der Waals surface area (Å²) >= 11 is 2.80. The molecule has 2 aromatic rings. The number of rotatable bonds is 12. The van der Waals surface area contributed by atoms with Crippen LogP contribution in [0.25, 0.3) is 0 Å². The van der Waals surface area contributed by atoms with Gasteiger partial charge in [0.05, 0.1) is 0 Å². The van der Waals surface area contributed by atoms with Crippen molar-refractivity contribution < 1.29 is 10.9 Å². The first kappa shape index (κ1) is 21.8. The van der Waals surface area contributed by atoms with Crippen LogP contribution in [0.2, 0.25) is 0 Å². The average Bonchev–Trinajstić information content (AvgIpc) is 2.67. The van der Waals surface area contributed by atoms with Gasteiger partial charge in [-0.1, -0.05) is 0 Å². The molecule has 0 spiro atoms. The molecule has 0 aliphatic heterocycles. The Morgan fingerprint density at radius 3 is 1.88 bits per heavy atom. The van der Waals surface area contributed by atoms with Gasteiger partial charge in [0.25, 0.3) is 0 Å². The Morgan fingerprint density at radius 2 is 1.35 bits per heavy atom. The second-order valence-electron chi connectivity index (χ2n) is 5.90. The van der Waals surface area contributed by atoms with Gasteiger partial charge in [-0.2, -0.15) is 0 Å². The van der Waals surface area contributed by atoms with E-state index in [1.165, 1.54) is 25.7 Å². The molecule has 26 heavy (non-hydrogen) atoms. The van der Waals surface area contributed by atoms with Crippen LogP contribution in [-0.4, -0.2) is 10.8 Å². The minimum atomic E-state index is -3.17. The molecule has 3 nitrogen and oxygen atoms in total. The molecule has 0 aliphatic carbocycles. The Kier molecular flexibility index (Phi) is 10.1. The molecule has 0 radical (unpaired) electrons. The average molecular weight is 506 g/mol. The van der Waals surface area contributed by atoms with Crippen molar-refractivity contribution >= 4 is 40.5 Å². The predicted molar refractivity (Wildman–Crippen MR) is 120 cm³/mol. The molecule has 6 heteroatoms. The van der Waals surface area contributed by atoms with E-state index in [1.54, 1.807) is 0 Å². The molecule has 0 saturated carbocycles. The van der Waals surface area contributed by atoms with Crippen molar-refractivity contribution in [2.45, 2.75) is 45.4 Å². The second-order valence-corrected chi connectivity index (χ2v) is 13.3. The quantitative estimate of drug-likeness (QED) is 0.257. The fourth-order valence-electron chi connectivity index (χ4n) is 2.40. The van der Waals surface area contributed by atoms with Crippen LogP contribution >= 0.6 is 20.2 Å². The Morgan fingerprint density at radius 1 is 0.846 bits per heavy atom. The standard InChI is InChI=1S/C20H27IO3S2/c1-2-3-4-5-6-13-18-23-26(22,25)24-21(19-14-9-7-10-15-19)20-16-11-8-12-17-20/h7-12,14-17H,2-6,13,18H2,1H3. The van der Waals surface area contributed by atoms with Crippen LogP contribution in [0.5, 0.6) is 0 Å². The molecule has 0 bridgehead atoms. The van der Waals surface area contributed by atoms with Crippen molar-refractivity contribution in [1.82, 2.24) is 0 Å². The maximum atomic E-state index is 12.7. The van der Waals surface area contributed by atoms with E-state index in [1.807, 2.05) is 60.7 Å². The molecule has 0 amide bonds. The van der Waals surface area contributed by atoms with Gasteiger partial charge in [-0.3, -0.25) is 0 Å². The zero-order valence-electron chi connectivity index (χ0n) is 15.1. The summed E-state index contributed by atoms with van der Waals surface area (Å²) in [4.78, 5) is 0. The van der Waals surface area contributed by atoms with Gasteiger partial charge < -0.3 is 0 Å². The molecule has 0 aliphatic rings. The minimum absolute atomic E-state index is 0.391. The van der Waals surface area contributed by atoms with Gasteiger partial charge in [-0.15, -0.1) is 0 Å². The molecular formula is C20H27IO3S2. The summed E-state index contributed by atoms with van der Waals surface area (Å²) in [6.45, 7) is 2.59. The summed E-state index contributed by atoms with van der Waals surface area (Å²) in [5.74, 6) is 0. The summed E-state index contributed by atoms with van der Waals surface area (Å²) in [5, 5.41) is 0. The van der Waals surface area contributed by atoms with Gasteiger partial charge in [0, 0.05) is 0 Å². The van der Waals surface area contributed by atoms with Crippen LogP contribution in [0.4, 0.5) is 0 Å². The topological polar surface area (TPSA) is 35.5 Å². The Balaban J connectivity index is 1.94. The van der Waals surface area contributed by atoms with E-state index in [4.69, 9.17) is 17.9 Å². The summed E-state index contributed by atoms with van der Waals surface area (Å²) in [6, 6.07) is 19.8. The third-order valence-electron chi connectivity index (χ3n) is 3.73. The fraction of sp³-hybridized carbons (Fsp3) is 0.400. The third-order valence-corrected chi connectivity index (χ3v) is 11.9. The van der Waals surface area contributed by atoms with Gasteiger partial charge in [0.1, 0.15) is 0 Å². The molecule has 2 aromatic carbocycles. The Bertz CT molecular complexity index is 682. The van der Waals surface area contributed by atoms with Crippen LogP contribution in [0.15, 0.2) is 60.7 Å². The first-order valence-corrected chi connectivity index (χ1v) is 14.4. The Hall–Kier alpha value is -0.540. The zero-order chi connectivity index (χ0) is 18.7. The van der Waals surface area contributed by atoms with Gasteiger partial charge in [-0.05, 0) is 0 Å². The first-order chi connectivity index (χ1) is 12.6. The van der Waals surface area contributed by atoms with Gasteiger partial charge in [-0.25, -0.2) is 0 Å². The molecule has 0 aromatic heterocycles. The molecule has 0 fully saturated rings. The molecule has 144 valence electrons. The predicted octanol–water partition coefficient (Wildman–Crippen LogP) is 6.12. The molecule has 2 rings (SSSR count). The van der Waals surface area contributed by atoms with Gasteiger partial charge in [0.15, 0.2) is 0 Å². The summed E-state index contributed by atoms with van der Waals surface area (Å²) < 4.78 is 26.2. The summed E-state index contributed by atoms with van der Waals surface area (Å²) in [7, 11) is -3.17. The molecule has 0 N–H and O–H groups in total. The van der Waals surface area contributed by atoms with Gasteiger partial charge >= 0.3 is 171 Å². The van der Waals surface area contributed by atoms with E-state index < -0.39 is 29.3 Å². The monoisotopic (exact) mass is 506 g/mol. The van der Waals surface area contributed by atoms with Crippen LogP contribution in [0.1, 0.15) is 45.4 Å². The van der Waals surface area contributed by atoms with E-state index in [-0.39, 0.29) is 0 Å². The van der Waals surface area contributed by atoms with Gasteiger partial charge in [0.2, 0.25) is 0 Å². The van der Waals surface area contributed by atoms with Crippen molar-refractivity contribution in [1.29, 1.82) is 0 Å².